The number of nitrogens with one attached hydrogen (secondary N) is 2. The Labute approximate surface area is 158 Å². The summed E-state index contributed by atoms with van der Waals surface area (Å²) in [6.45, 7) is -0.0808. The van der Waals surface area contributed by atoms with E-state index in [0.29, 0.717) is 5.69 Å². The zero-order valence-electron chi connectivity index (χ0n) is 14.2. The van der Waals surface area contributed by atoms with Crippen molar-refractivity contribution < 1.29 is 21.6 Å². The van der Waals surface area contributed by atoms with Crippen molar-refractivity contribution in [2.45, 2.75) is 11.3 Å². The highest BCUT2D eigenvalue weighted by molar-refractivity contribution is 7.92. The Balaban J connectivity index is 1.82. The van der Waals surface area contributed by atoms with Gasteiger partial charge >= 0.3 is 0 Å². The maximum Gasteiger partial charge on any atom is 0.238 e. The quantitative estimate of drug-likeness (QED) is 0.603. The highest BCUT2D eigenvalue weighted by Gasteiger charge is 2.09. The first-order valence-electron chi connectivity index (χ1n) is 7.81. The number of anilines is 1. The number of benzene rings is 2. The number of sulfonamides is 2. The largest absolute Gasteiger partial charge is 0.326 e. The molecule has 2 rings (SSSR count). The summed E-state index contributed by atoms with van der Waals surface area (Å²) >= 11 is 0. The molecular weight excluding hydrogens is 390 g/mol. The van der Waals surface area contributed by atoms with Crippen molar-refractivity contribution >= 4 is 37.7 Å². The first-order chi connectivity index (χ1) is 12.7. The molecule has 0 unspecified atom stereocenters. The van der Waals surface area contributed by atoms with E-state index in [1.807, 2.05) is 6.07 Å². The van der Waals surface area contributed by atoms with Crippen molar-refractivity contribution in [2.24, 2.45) is 5.14 Å². The van der Waals surface area contributed by atoms with Crippen molar-refractivity contribution in [3.63, 3.8) is 0 Å². The van der Waals surface area contributed by atoms with Crippen LogP contribution in [0.4, 0.5) is 5.69 Å². The number of rotatable bonds is 8. The molecule has 10 heteroatoms. The Morgan fingerprint density at radius 2 is 1.59 bits per heavy atom. The maximum absolute atomic E-state index is 11.9. The van der Waals surface area contributed by atoms with E-state index >= 15 is 0 Å². The molecule has 0 bridgehead atoms. The number of amides is 1. The van der Waals surface area contributed by atoms with Crippen LogP contribution in [-0.4, -0.2) is 29.3 Å². The van der Waals surface area contributed by atoms with Gasteiger partial charge in [-0.2, -0.15) is 0 Å². The summed E-state index contributed by atoms with van der Waals surface area (Å²) in [6.07, 6.45) is 1.37. The lowest BCUT2D eigenvalue weighted by Crippen LogP contribution is -2.26. The molecule has 144 valence electrons. The normalized spacial score (nSPS) is 12.2. The molecule has 0 saturated heterocycles. The molecule has 2 aromatic rings. The molecule has 0 radical (unpaired) electrons. The van der Waals surface area contributed by atoms with Crippen LogP contribution < -0.4 is 15.2 Å². The van der Waals surface area contributed by atoms with Crippen LogP contribution in [0.2, 0.25) is 0 Å². The topological polar surface area (TPSA) is 135 Å². The van der Waals surface area contributed by atoms with Gasteiger partial charge in [0.05, 0.1) is 4.90 Å². The predicted octanol–water partition coefficient (Wildman–Crippen LogP) is 1.25. The molecule has 0 saturated carbocycles. The fourth-order valence-corrected chi connectivity index (χ4v) is 3.37. The third-order valence-corrected chi connectivity index (χ3v) is 5.39. The highest BCUT2D eigenvalue weighted by Crippen LogP contribution is 2.12. The number of primary sulfonamides is 1. The first-order valence-corrected chi connectivity index (χ1v) is 10.9. The van der Waals surface area contributed by atoms with Gasteiger partial charge in [-0.15, -0.1) is 0 Å². The lowest BCUT2D eigenvalue weighted by Gasteiger charge is -2.06. The van der Waals surface area contributed by atoms with Crippen LogP contribution >= 0.6 is 0 Å². The molecule has 0 aliphatic heterocycles. The van der Waals surface area contributed by atoms with Crippen molar-refractivity contribution in [3.8, 4) is 0 Å². The molecule has 0 spiro atoms. The molecule has 0 atom stereocenters. The van der Waals surface area contributed by atoms with Crippen molar-refractivity contribution in [1.29, 1.82) is 0 Å². The molecule has 0 aromatic heterocycles. The molecule has 0 aliphatic rings. The van der Waals surface area contributed by atoms with Gasteiger partial charge < -0.3 is 5.32 Å². The molecule has 4 N–H and O–H groups in total. The van der Waals surface area contributed by atoms with E-state index in [1.54, 1.807) is 24.3 Å². The predicted molar refractivity (Wildman–Crippen MR) is 103 cm³/mol. The lowest BCUT2D eigenvalue weighted by atomic mass is 10.2. The fourth-order valence-electron chi connectivity index (χ4n) is 2.04. The molecule has 2 aromatic carbocycles. The van der Waals surface area contributed by atoms with Crippen molar-refractivity contribution in [2.75, 3.05) is 11.9 Å². The molecular formula is C17H19N3O5S2. The van der Waals surface area contributed by atoms with Crippen LogP contribution in [0.5, 0.6) is 0 Å². The Bertz CT molecular complexity index is 1020. The van der Waals surface area contributed by atoms with E-state index in [9.17, 15) is 21.6 Å². The summed E-state index contributed by atoms with van der Waals surface area (Å²) in [5.74, 6) is -0.423. The van der Waals surface area contributed by atoms with Crippen molar-refractivity contribution in [1.82, 2.24) is 4.72 Å². The van der Waals surface area contributed by atoms with Gasteiger partial charge in [-0.05, 0) is 35.9 Å². The van der Waals surface area contributed by atoms with Gasteiger partial charge in [0.2, 0.25) is 26.0 Å². The minimum absolute atomic E-state index is 0.0709. The summed E-state index contributed by atoms with van der Waals surface area (Å²) in [6, 6.07) is 14.3. The summed E-state index contributed by atoms with van der Waals surface area (Å²) in [4.78, 5) is 11.8. The van der Waals surface area contributed by atoms with Gasteiger partial charge in [-0.25, -0.2) is 26.7 Å². The number of carbonyl (C=O) groups is 1. The molecule has 1 amide bonds. The van der Waals surface area contributed by atoms with Gasteiger partial charge in [0.1, 0.15) is 0 Å². The number of hydrogen-bond donors (Lipinski definition) is 3. The minimum atomic E-state index is -3.80. The average molecular weight is 409 g/mol. The van der Waals surface area contributed by atoms with Crippen LogP contribution in [0.25, 0.3) is 6.08 Å². The lowest BCUT2D eigenvalue weighted by molar-refractivity contribution is -0.116. The standard InChI is InChI=1S/C17H19N3O5S2/c18-27(24,25)16-8-6-15(7-9-16)20-17(21)10-12-19-26(22,23)13-11-14-4-2-1-3-5-14/h1-9,11,13,19H,10,12H2,(H,20,21)(H2,18,24,25)/b13-11+. The van der Waals surface area contributed by atoms with Crippen LogP contribution in [0, 0.1) is 0 Å². The van der Waals surface area contributed by atoms with E-state index in [2.05, 4.69) is 10.0 Å². The average Bonchev–Trinajstić information content (AvgIpc) is 2.60. The molecule has 0 heterocycles. The number of carbonyl (C=O) groups excluding carboxylic acids is 1. The van der Waals surface area contributed by atoms with E-state index in [-0.39, 0.29) is 17.9 Å². The van der Waals surface area contributed by atoms with Gasteiger partial charge in [0.15, 0.2) is 0 Å². The van der Waals surface area contributed by atoms with E-state index < -0.39 is 26.0 Å². The summed E-state index contributed by atoms with van der Waals surface area (Å²) in [7, 11) is -7.46. The van der Waals surface area contributed by atoms with Gasteiger partial charge in [-0.1, -0.05) is 30.3 Å². The van der Waals surface area contributed by atoms with Gasteiger partial charge in [0, 0.05) is 24.1 Å². The minimum Gasteiger partial charge on any atom is -0.326 e. The number of nitrogens with two attached hydrogens (primary N) is 1. The molecule has 0 fully saturated rings. The molecule has 0 aliphatic carbocycles. The third kappa shape index (κ3) is 7.31. The van der Waals surface area contributed by atoms with Crippen LogP contribution in [0.1, 0.15) is 12.0 Å². The highest BCUT2D eigenvalue weighted by atomic mass is 32.2. The second-order valence-corrected chi connectivity index (χ2v) is 8.73. The fraction of sp³-hybridized carbons (Fsp3) is 0.118. The summed E-state index contributed by atoms with van der Waals surface area (Å²) in [5.41, 5.74) is 1.11. The van der Waals surface area contributed by atoms with Crippen LogP contribution in [0.3, 0.4) is 0 Å². The van der Waals surface area contributed by atoms with Crippen molar-refractivity contribution in [3.05, 3.63) is 65.6 Å². The SMILES string of the molecule is NS(=O)(=O)c1ccc(NC(=O)CCNS(=O)(=O)/C=C/c2ccccc2)cc1. The van der Waals surface area contributed by atoms with Crippen LogP contribution in [-0.2, 0) is 24.8 Å². The Hall–Kier alpha value is -2.53. The van der Waals surface area contributed by atoms with E-state index in [0.717, 1.165) is 11.0 Å². The molecule has 27 heavy (non-hydrogen) atoms. The van der Waals surface area contributed by atoms with Gasteiger partial charge in [0.25, 0.3) is 0 Å². The zero-order chi connectivity index (χ0) is 19.9. The second kappa shape index (κ2) is 8.91. The third-order valence-electron chi connectivity index (χ3n) is 3.36. The number of hydrogen-bond acceptors (Lipinski definition) is 5. The zero-order valence-corrected chi connectivity index (χ0v) is 15.8. The maximum atomic E-state index is 11.9. The van der Waals surface area contributed by atoms with E-state index in [4.69, 9.17) is 5.14 Å². The van der Waals surface area contributed by atoms with Crippen LogP contribution in [0.15, 0.2) is 64.9 Å². The Morgan fingerprint density at radius 3 is 2.19 bits per heavy atom. The first kappa shape index (κ1) is 20.8. The van der Waals surface area contributed by atoms with E-state index in [1.165, 1.54) is 30.3 Å². The monoisotopic (exact) mass is 409 g/mol. The summed E-state index contributed by atoms with van der Waals surface area (Å²) < 4.78 is 48.4. The van der Waals surface area contributed by atoms with Gasteiger partial charge in [-0.3, -0.25) is 4.79 Å². The second-order valence-electron chi connectivity index (χ2n) is 5.52. The smallest absolute Gasteiger partial charge is 0.238 e. The molecule has 8 nitrogen and oxygen atoms in total. The summed E-state index contributed by atoms with van der Waals surface area (Å²) in [5, 5.41) is 8.56. The Morgan fingerprint density at radius 1 is 0.963 bits per heavy atom. The Kier molecular flexibility index (Phi) is 6.86.